The van der Waals surface area contributed by atoms with E-state index in [0.29, 0.717) is 0 Å². The molecule has 2 rings (SSSR count). The zero-order chi connectivity index (χ0) is 19.3. The van der Waals surface area contributed by atoms with Crippen molar-refractivity contribution in [3.8, 4) is 11.5 Å². The molecule has 4 N–H and O–H groups in total. The van der Waals surface area contributed by atoms with E-state index in [1.54, 1.807) is 81.4 Å². The van der Waals surface area contributed by atoms with Gasteiger partial charge in [-0.1, -0.05) is 36.4 Å². The van der Waals surface area contributed by atoms with Crippen molar-refractivity contribution in [3.05, 3.63) is 60.7 Å². The molecule has 0 radical (unpaired) electrons. The van der Waals surface area contributed by atoms with Crippen LogP contribution in [0.1, 0.15) is 20.8 Å². The van der Waals surface area contributed by atoms with Gasteiger partial charge in [-0.25, -0.2) is 4.57 Å². The molecule has 0 spiro atoms. The highest BCUT2D eigenvalue weighted by Gasteiger charge is 2.24. The van der Waals surface area contributed by atoms with Crippen LogP contribution in [-0.4, -0.2) is 15.6 Å². The Morgan fingerprint density at radius 3 is 1.36 bits per heavy atom. The molecule has 136 valence electrons. The Morgan fingerprint density at radius 2 is 1.12 bits per heavy atom. The van der Waals surface area contributed by atoms with Crippen LogP contribution in [0.3, 0.4) is 0 Å². The molecule has 0 heterocycles. The highest BCUT2D eigenvalue weighted by molar-refractivity contribution is 7.48. The predicted octanol–water partition coefficient (Wildman–Crippen LogP) is 4.14. The maximum atomic E-state index is 11.7. The number of rotatable bonds is 4. The number of aliphatic hydroxyl groups is 1. The molecule has 0 saturated carbocycles. The number of para-hydroxylation sites is 2. The summed E-state index contributed by atoms with van der Waals surface area (Å²) >= 11 is 0. The number of nitrogens with zero attached hydrogens (tertiary/aromatic N) is 1. The van der Waals surface area contributed by atoms with Crippen molar-refractivity contribution in [1.29, 1.82) is 11.1 Å². The highest BCUT2D eigenvalue weighted by Crippen LogP contribution is 2.44. The molecule has 0 aliphatic heterocycles. The number of phosphoric ester groups is 1. The van der Waals surface area contributed by atoms with Gasteiger partial charge in [0.25, 0.3) is 0 Å². The van der Waals surface area contributed by atoms with Gasteiger partial charge < -0.3 is 14.2 Å². The summed E-state index contributed by atoms with van der Waals surface area (Å²) in [6, 6.07) is 16.7. The fourth-order valence-electron chi connectivity index (χ4n) is 1.25. The Kier molecular flexibility index (Phi) is 10.0. The standard InChI is InChI=1S/C12H11O4P.C4H10O.H2N3/c13-17(14,15-11-7-3-1-4-8-11)16-12-9-5-2-6-10-12;1-4(2,3)5;1-3-2/h1-10H,(H,13,14);5H,1-3H3;1-2H/q;;+1. The number of nitrogens with one attached hydrogen (secondary N) is 2. The smallest absolute Gasteiger partial charge is 0.395 e. The average molecular weight is 368 g/mol. The Bertz CT molecular complexity index is 632. The summed E-state index contributed by atoms with van der Waals surface area (Å²) in [7, 11) is -4.14. The molecule has 0 atom stereocenters. The Balaban J connectivity index is 0.000000610. The zero-order valence-corrected chi connectivity index (χ0v) is 15.2. The molecule has 9 heteroatoms. The van der Waals surface area contributed by atoms with Crippen LogP contribution in [0.25, 0.3) is 0 Å². The van der Waals surface area contributed by atoms with Gasteiger partial charge in [-0.3, -0.25) is 4.89 Å². The molecular formula is C16H23N3O5P+. The van der Waals surface area contributed by atoms with Crippen molar-refractivity contribution in [3.63, 3.8) is 0 Å². The molecule has 2 aromatic carbocycles. The maximum Gasteiger partial charge on any atom is 0.584 e. The van der Waals surface area contributed by atoms with Crippen molar-refractivity contribution in [2.24, 2.45) is 0 Å². The number of hydrogen-bond acceptors (Lipinski definition) is 6. The number of phosphoric acid groups is 1. The summed E-state index contributed by atoms with van der Waals surface area (Å²) in [5.41, 5.74) is 10.5. The largest absolute Gasteiger partial charge is 0.584 e. The van der Waals surface area contributed by atoms with E-state index in [1.807, 2.05) is 4.91 Å². The lowest BCUT2D eigenvalue weighted by Gasteiger charge is -2.13. The monoisotopic (exact) mass is 368 g/mol. The van der Waals surface area contributed by atoms with Gasteiger partial charge in [-0.15, -0.1) is 0 Å². The molecule has 0 bridgehead atoms. The lowest BCUT2D eigenvalue weighted by molar-refractivity contribution is 0.102. The van der Waals surface area contributed by atoms with Crippen molar-refractivity contribution >= 4 is 7.82 Å². The average Bonchev–Trinajstić information content (AvgIpc) is 2.47. The first-order valence-corrected chi connectivity index (χ1v) is 8.64. The van der Waals surface area contributed by atoms with Gasteiger partial charge in [-0.2, -0.15) is 0 Å². The van der Waals surface area contributed by atoms with E-state index in [9.17, 15) is 9.46 Å². The first-order chi connectivity index (χ1) is 11.6. The molecule has 0 unspecified atom stereocenters. The second-order valence-electron chi connectivity index (χ2n) is 5.56. The summed E-state index contributed by atoms with van der Waals surface area (Å²) in [5.74, 6) is 0.573. The van der Waals surface area contributed by atoms with E-state index in [-0.39, 0.29) is 11.5 Å². The minimum atomic E-state index is -4.14. The Hall–Kier alpha value is -2.50. The van der Waals surface area contributed by atoms with Crippen molar-refractivity contribution in [1.82, 2.24) is 4.91 Å². The van der Waals surface area contributed by atoms with E-state index in [1.165, 1.54) is 0 Å². The lowest BCUT2D eigenvalue weighted by Crippen LogP contribution is -2.10. The fraction of sp³-hybridized carbons (Fsp3) is 0.250. The van der Waals surface area contributed by atoms with Crippen molar-refractivity contribution in [2.45, 2.75) is 26.4 Å². The van der Waals surface area contributed by atoms with Crippen molar-refractivity contribution in [2.75, 3.05) is 0 Å². The molecular weight excluding hydrogens is 345 g/mol. The summed E-state index contributed by atoms with van der Waals surface area (Å²) in [5, 5.41) is 8.52. The van der Waals surface area contributed by atoms with E-state index in [0.717, 1.165) is 0 Å². The third-order valence-electron chi connectivity index (χ3n) is 1.93. The molecule has 0 saturated heterocycles. The van der Waals surface area contributed by atoms with Gasteiger partial charge in [0.2, 0.25) is 4.91 Å². The second kappa shape index (κ2) is 11.1. The van der Waals surface area contributed by atoms with Gasteiger partial charge in [0, 0.05) is 0 Å². The Labute approximate surface area is 146 Å². The normalized spacial score (nSPS) is 10.1. The fourth-order valence-corrected chi connectivity index (χ4v) is 2.06. The van der Waals surface area contributed by atoms with Crippen LogP contribution < -0.4 is 14.0 Å². The summed E-state index contributed by atoms with van der Waals surface area (Å²) < 4.78 is 21.5. The van der Waals surface area contributed by atoms with Gasteiger partial charge in [0.1, 0.15) is 22.6 Å². The molecule has 2 aromatic rings. The number of benzene rings is 2. The summed E-state index contributed by atoms with van der Waals surface area (Å²) in [6.45, 7) is 5.23. The predicted molar refractivity (Wildman–Crippen MR) is 93.5 cm³/mol. The topological polar surface area (TPSA) is 138 Å². The molecule has 25 heavy (non-hydrogen) atoms. The molecule has 0 fully saturated rings. The molecule has 8 nitrogen and oxygen atoms in total. The molecule has 0 aromatic heterocycles. The minimum absolute atomic E-state index is 0.286. The van der Waals surface area contributed by atoms with E-state index in [4.69, 9.17) is 25.2 Å². The molecule has 0 aliphatic rings. The first-order valence-electron chi connectivity index (χ1n) is 7.15. The van der Waals surface area contributed by atoms with Gasteiger partial charge in [0.15, 0.2) is 0 Å². The SMILES string of the molecule is CC(C)(C)O.N=[N+]=N.O=P(O)(Oc1ccccc1)Oc1ccccc1. The van der Waals surface area contributed by atoms with Crippen LogP contribution in [0.15, 0.2) is 60.7 Å². The Morgan fingerprint density at radius 1 is 0.880 bits per heavy atom. The summed E-state index contributed by atoms with van der Waals surface area (Å²) in [6.07, 6.45) is 0. The third-order valence-corrected chi connectivity index (χ3v) is 2.81. The lowest BCUT2D eigenvalue weighted by atomic mass is 10.2. The quantitative estimate of drug-likeness (QED) is 0.365. The minimum Gasteiger partial charge on any atom is -0.395 e. The van der Waals surface area contributed by atoms with Crippen LogP contribution in [0, 0.1) is 11.1 Å². The van der Waals surface area contributed by atoms with Crippen LogP contribution in [0.4, 0.5) is 0 Å². The summed E-state index contributed by atoms with van der Waals surface area (Å²) in [4.78, 5) is 11.5. The van der Waals surface area contributed by atoms with E-state index in [2.05, 4.69) is 0 Å². The zero-order valence-electron chi connectivity index (χ0n) is 14.3. The highest BCUT2D eigenvalue weighted by atomic mass is 31.2. The van der Waals surface area contributed by atoms with Gasteiger partial charge in [0.05, 0.1) is 5.60 Å². The number of hydrogen-bond donors (Lipinski definition) is 4. The molecule has 0 aliphatic carbocycles. The maximum absolute atomic E-state index is 11.7. The van der Waals surface area contributed by atoms with Gasteiger partial charge >= 0.3 is 7.82 Å². The second-order valence-corrected chi connectivity index (χ2v) is 6.86. The van der Waals surface area contributed by atoms with E-state index >= 15 is 0 Å². The van der Waals surface area contributed by atoms with Crippen LogP contribution >= 0.6 is 7.82 Å². The third kappa shape index (κ3) is 14.8. The van der Waals surface area contributed by atoms with Crippen LogP contribution in [0.5, 0.6) is 11.5 Å². The van der Waals surface area contributed by atoms with Crippen LogP contribution in [-0.2, 0) is 4.57 Å². The van der Waals surface area contributed by atoms with Gasteiger partial charge in [-0.05, 0) is 45.0 Å². The van der Waals surface area contributed by atoms with Crippen molar-refractivity contribution < 1.29 is 23.6 Å². The van der Waals surface area contributed by atoms with Crippen LogP contribution in [0.2, 0.25) is 0 Å². The van der Waals surface area contributed by atoms with E-state index < -0.39 is 13.4 Å². The first kappa shape index (κ1) is 22.5. The molecule has 0 amide bonds.